The van der Waals surface area contributed by atoms with Gasteiger partial charge in [-0.15, -0.1) is 0 Å². The highest BCUT2D eigenvalue weighted by molar-refractivity contribution is 5.95. The Kier molecular flexibility index (Phi) is 2.67. The topological polar surface area (TPSA) is 26.3 Å². The van der Waals surface area contributed by atoms with E-state index in [1.165, 1.54) is 25.7 Å². The van der Waals surface area contributed by atoms with Gasteiger partial charge in [-0.05, 0) is 5.92 Å². The highest BCUT2D eigenvalue weighted by atomic mass is 16.5. The minimum atomic E-state index is 0.324. The third-order valence-corrected chi connectivity index (χ3v) is 3.02. The Balaban J connectivity index is 1.83. The molecule has 0 aromatic carbocycles. The number of rotatable bonds is 3. The molecule has 0 aromatic rings. The van der Waals surface area contributed by atoms with E-state index in [1.54, 1.807) is 6.26 Å². The Hall–Kier alpha value is -0.790. The summed E-state index contributed by atoms with van der Waals surface area (Å²) in [5, 5.41) is 0. The van der Waals surface area contributed by atoms with Crippen molar-refractivity contribution in [3.05, 3.63) is 11.8 Å². The SMILES string of the molecule is O=C(CC1CCCC1)C1=COCC1. The van der Waals surface area contributed by atoms with Gasteiger partial charge < -0.3 is 4.74 Å². The van der Waals surface area contributed by atoms with Gasteiger partial charge in [-0.25, -0.2) is 0 Å². The summed E-state index contributed by atoms with van der Waals surface area (Å²) in [6.07, 6.45) is 8.36. The van der Waals surface area contributed by atoms with Crippen molar-refractivity contribution >= 4 is 5.78 Å². The molecule has 0 radical (unpaired) electrons. The van der Waals surface area contributed by atoms with Crippen molar-refractivity contribution in [3.8, 4) is 0 Å². The molecule has 1 fully saturated rings. The highest BCUT2D eigenvalue weighted by Crippen LogP contribution is 2.29. The largest absolute Gasteiger partial charge is 0.500 e. The highest BCUT2D eigenvalue weighted by Gasteiger charge is 2.21. The van der Waals surface area contributed by atoms with Crippen molar-refractivity contribution in [1.82, 2.24) is 0 Å². The van der Waals surface area contributed by atoms with Crippen molar-refractivity contribution in [3.63, 3.8) is 0 Å². The molecule has 0 aromatic heterocycles. The summed E-state index contributed by atoms with van der Waals surface area (Å²) in [7, 11) is 0. The molecule has 0 N–H and O–H groups in total. The lowest BCUT2D eigenvalue weighted by Gasteiger charge is -2.06. The lowest BCUT2D eigenvalue weighted by molar-refractivity contribution is -0.116. The molecule has 0 saturated heterocycles. The first kappa shape index (κ1) is 8.79. The zero-order valence-electron chi connectivity index (χ0n) is 7.92. The van der Waals surface area contributed by atoms with Crippen LogP contribution in [-0.2, 0) is 9.53 Å². The van der Waals surface area contributed by atoms with Gasteiger partial charge in [0, 0.05) is 18.4 Å². The second kappa shape index (κ2) is 3.95. The van der Waals surface area contributed by atoms with Gasteiger partial charge in [0.2, 0.25) is 0 Å². The van der Waals surface area contributed by atoms with Crippen molar-refractivity contribution in [2.75, 3.05) is 6.61 Å². The molecule has 2 heteroatoms. The molecule has 0 spiro atoms. The van der Waals surface area contributed by atoms with Crippen LogP contribution in [0, 0.1) is 5.92 Å². The summed E-state index contributed by atoms with van der Waals surface area (Å²) in [4.78, 5) is 11.7. The molecular formula is C11H16O2. The van der Waals surface area contributed by atoms with Crippen LogP contribution in [0.15, 0.2) is 11.8 Å². The maximum Gasteiger partial charge on any atom is 0.162 e. The molecule has 0 atom stereocenters. The molecule has 2 aliphatic rings. The van der Waals surface area contributed by atoms with Gasteiger partial charge in [0.05, 0.1) is 12.9 Å². The molecule has 1 aliphatic heterocycles. The van der Waals surface area contributed by atoms with Gasteiger partial charge in [-0.2, -0.15) is 0 Å². The van der Waals surface area contributed by atoms with Gasteiger partial charge in [0.15, 0.2) is 5.78 Å². The number of hydrogen-bond donors (Lipinski definition) is 0. The van der Waals surface area contributed by atoms with E-state index in [0.29, 0.717) is 18.3 Å². The maximum atomic E-state index is 11.7. The van der Waals surface area contributed by atoms with Crippen LogP contribution < -0.4 is 0 Å². The molecule has 1 saturated carbocycles. The monoisotopic (exact) mass is 180 g/mol. The van der Waals surface area contributed by atoms with E-state index >= 15 is 0 Å². The van der Waals surface area contributed by atoms with E-state index in [-0.39, 0.29) is 0 Å². The van der Waals surface area contributed by atoms with E-state index in [2.05, 4.69) is 0 Å². The zero-order valence-corrected chi connectivity index (χ0v) is 7.92. The number of Topliss-reactive ketones (excluding diaryl/α,β-unsaturated/α-hetero) is 1. The summed E-state index contributed by atoms with van der Waals surface area (Å²) in [6, 6.07) is 0. The quantitative estimate of drug-likeness (QED) is 0.666. The Labute approximate surface area is 79.0 Å². The van der Waals surface area contributed by atoms with Crippen LogP contribution in [0.5, 0.6) is 0 Å². The Bertz CT molecular complexity index is 224. The molecule has 2 nitrogen and oxygen atoms in total. The third kappa shape index (κ3) is 2.11. The van der Waals surface area contributed by atoms with Gasteiger partial charge in [0.1, 0.15) is 0 Å². The maximum absolute atomic E-state index is 11.7. The van der Waals surface area contributed by atoms with Crippen molar-refractivity contribution < 1.29 is 9.53 Å². The molecule has 0 amide bonds. The molecular weight excluding hydrogens is 164 g/mol. The van der Waals surface area contributed by atoms with Gasteiger partial charge in [0.25, 0.3) is 0 Å². The third-order valence-electron chi connectivity index (χ3n) is 3.02. The molecule has 13 heavy (non-hydrogen) atoms. The first-order valence-corrected chi connectivity index (χ1v) is 5.20. The molecule has 2 rings (SSSR count). The van der Waals surface area contributed by atoms with Crippen LogP contribution in [0.1, 0.15) is 38.5 Å². The number of ether oxygens (including phenoxy) is 1. The summed E-state index contributed by atoms with van der Waals surface area (Å²) in [5.41, 5.74) is 0.909. The van der Waals surface area contributed by atoms with Crippen LogP contribution in [0.2, 0.25) is 0 Å². The van der Waals surface area contributed by atoms with Crippen molar-refractivity contribution in [2.45, 2.75) is 38.5 Å². The van der Waals surface area contributed by atoms with Gasteiger partial charge >= 0.3 is 0 Å². The zero-order chi connectivity index (χ0) is 9.10. The molecule has 1 aliphatic carbocycles. The lowest BCUT2D eigenvalue weighted by atomic mass is 9.97. The van der Waals surface area contributed by atoms with Crippen molar-refractivity contribution in [1.29, 1.82) is 0 Å². The van der Waals surface area contributed by atoms with Gasteiger partial charge in [-0.1, -0.05) is 25.7 Å². The predicted molar refractivity (Wildman–Crippen MR) is 50.2 cm³/mol. The Morgan fingerprint density at radius 1 is 1.46 bits per heavy atom. The standard InChI is InChI=1S/C11H16O2/c12-11(10-5-6-13-8-10)7-9-3-1-2-4-9/h8-9H,1-7H2. The second-order valence-electron chi connectivity index (χ2n) is 4.04. The van der Waals surface area contributed by atoms with E-state index < -0.39 is 0 Å². The van der Waals surface area contributed by atoms with Crippen LogP contribution in [-0.4, -0.2) is 12.4 Å². The number of hydrogen-bond acceptors (Lipinski definition) is 2. The average Bonchev–Trinajstić information content (AvgIpc) is 2.74. The van der Waals surface area contributed by atoms with Crippen molar-refractivity contribution in [2.24, 2.45) is 5.92 Å². The number of carbonyl (C=O) groups is 1. The fourth-order valence-electron chi connectivity index (χ4n) is 2.20. The average molecular weight is 180 g/mol. The van der Waals surface area contributed by atoms with Crippen LogP contribution >= 0.6 is 0 Å². The fraction of sp³-hybridized carbons (Fsp3) is 0.727. The predicted octanol–water partition coefficient (Wildman–Crippen LogP) is 2.44. The minimum absolute atomic E-state index is 0.324. The Morgan fingerprint density at radius 2 is 2.23 bits per heavy atom. The van der Waals surface area contributed by atoms with E-state index in [0.717, 1.165) is 18.4 Å². The Morgan fingerprint density at radius 3 is 2.85 bits per heavy atom. The van der Waals surface area contributed by atoms with Gasteiger partial charge in [-0.3, -0.25) is 4.79 Å². The smallest absolute Gasteiger partial charge is 0.162 e. The lowest BCUT2D eigenvalue weighted by Crippen LogP contribution is -2.07. The molecule has 1 heterocycles. The first-order chi connectivity index (χ1) is 6.36. The summed E-state index contributed by atoms with van der Waals surface area (Å²) in [6.45, 7) is 0.700. The molecule has 72 valence electrons. The number of ketones is 1. The fourth-order valence-corrected chi connectivity index (χ4v) is 2.20. The van der Waals surface area contributed by atoms with Crippen LogP contribution in [0.3, 0.4) is 0 Å². The minimum Gasteiger partial charge on any atom is -0.500 e. The second-order valence-corrected chi connectivity index (χ2v) is 4.04. The van der Waals surface area contributed by atoms with E-state index in [1.807, 2.05) is 0 Å². The summed E-state index contributed by atoms with van der Waals surface area (Å²) in [5.74, 6) is 0.985. The molecule has 0 bridgehead atoms. The first-order valence-electron chi connectivity index (χ1n) is 5.20. The van der Waals surface area contributed by atoms with E-state index in [4.69, 9.17) is 4.74 Å². The normalized spacial score (nSPS) is 22.9. The molecule has 0 unspecified atom stereocenters. The summed E-state index contributed by atoms with van der Waals surface area (Å²) >= 11 is 0. The van der Waals surface area contributed by atoms with Crippen LogP contribution in [0.25, 0.3) is 0 Å². The summed E-state index contributed by atoms with van der Waals surface area (Å²) < 4.78 is 5.06. The number of carbonyl (C=O) groups excluding carboxylic acids is 1. The van der Waals surface area contributed by atoms with Crippen LogP contribution in [0.4, 0.5) is 0 Å². The van der Waals surface area contributed by atoms with E-state index in [9.17, 15) is 4.79 Å².